The van der Waals surface area contributed by atoms with Crippen LogP contribution in [0.15, 0.2) is 53.4 Å². The third kappa shape index (κ3) is 3.78. The standard InChI is InChI=1S/C20H20N2O3S/c1-2-26(24,25)18-9-3-15(4-10-18)13-19(23)22-17-7-5-16(6-8-17)20(14-21)11-12-20/h3-10H,2,11-13H2,1H3,(H,22,23). The van der Waals surface area contributed by atoms with Crippen molar-refractivity contribution in [2.45, 2.75) is 36.5 Å². The Kier molecular flexibility index (Phi) is 4.84. The molecule has 1 fully saturated rings. The van der Waals surface area contributed by atoms with Crippen LogP contribution in [0.4, 0.5) is 5.69 Å². The highest BCUT2D eigenvalue weighted by Gasteiger charge is 2.44. The molecule has 26 heavy (non-hydrogen) atoms. The first kappa shape index (κ1) is 18.2. The van der Waals surface area contributed by atoms with Crippen molar-refractivity contribution in [1.82, 2.24) is 0 Å². The van der Waals surface area contributed by atoms with Crippen LogP contribution in [0.1, 0.15) is 30.9 Å². The molecule has 0 bridgehead atoms. The van der Waals surface area contributed by atoms with Gasteiger partial charge in [-0.15, -0.1) is 0 Å². The van der Waals surface area contributed by atoms with E-state index < -0.39 is 9.84 Å². The summed E-state index contributed by atoms with van der Waals surface area (Å²) in [4.78, 5) is 12.5. The zero-order valence-corrected chi connectivity index (χ0v) is 15.3. The maximum Gasteiger partial charge on any atom is 0.228 e. The largest absolute Gasteiger partial charge is 0.326 e. The van der Waals surface area contributed by atoms with Crippen molar-refractivity contribution in [3.63, 3.8) is 0 Å². The second kappa shape index (κ2) is 6.93. The predicted molar refractivity (Wildman–Crippen MR) is 99.5 cm³/mol. The van der Waals surface area contributed by atoms with Crippen LogP contribution in [-0.2, 0) is 26.5 Å². The lowest BCUT2D eigenvalue weighted by atomic mass is 9.98. The van der Waals surface area contributed by atoms with Gasteiger partial charge in [0.05, 0.1) is 28.6 Å². The van der Waals surface area contributed by atoms with E-state index in [0.29, 0.717) is 5.69 Å². The van der Waals surface area contributed by atoms with Crippen LogP contribution in [0.2, 0.25) is 0 Å². The van der Waals surface area contributed by atoms with Crippen molar-refractivity contribution in [3.8, 4) is 6.07 Å². The van der Waals surface area contributed by atoms with Crippen LogP contribution < -0.4 is 5.32 Å². The van der Waals surface area contributed by atoms with Crippen molar-refractivity contribution < 1.29 is 13.2 Å². The topological polar surface area (TPSA) is 87.0 Å². The van der Waals surface area contributed by atoms with Crippen LogP contribution in [0.25, 0.3) is 0 Å². The van der Waals surface area contributed by atoms with E-state index in [1.165, 1.54) is 12.1 Å². The van der Waals surface area contributed by atoms with Gasteiger partial charge >= 0.3 is 0 Å². The van der Waals surface area contributed by atoms with E-state index in [4.69, 9.17) is 0 Å². The summed E-state index contributed by atoms with van der Waals surface area (Å²) < 4.78 is 23.6. The normalized spacial score (nSPS) is 15.1. The summed E-state index contributed by atoms with van der Waals surface area (Å²) in [5.74, 6) is -0.124. The quantitative estimate of drug-likeness (QED) is 0.848. The Labute approximate surface area is 153 Å². The van der Waals surface area contributed by atoms with Gasteiger partial charge in [-0.25, -0.2) is 8.42 Å². The molecule has 0 saturated heterocycles. The highest BCUT2D eigenvalue weighted by atomic mass is 32.2. The fourth-order valence-electron chi connectivity index (χ4n) is 2.83. The van der Waals surface area contributed by atoms with E-state index in [2.05, 4.69) is 11.4 Å². The van der Waals surface area contributed by atoms with E-state index in [1.807, 2.05) is 24.3 Å². The Morgan fingerprint density at radius 1 is 1.12 bits per heavy atom. The van der Waals surface area contributed by atoms with E-state index >= 15 is 0 Å². The minimum Gasteiger partial charge on any atom is -0.326 e. The van der Waals surface area contributed by atoms with E-state index in [9.17, 15) is 18.5 Å². The number of rotatable bonds is 6. The van der Waals surface area contributed by atoms with Gasteiger partial charge < -0.3 is 5.32 Å². The van der Waals surface area contributed by atoms with E-state index in [1.54, 1.807) is 19.1 Å². The highest BCUT2D eigenvalue weighted by Crippen LogP contribution is 2.47. The number of nitrogens with zero attached hydrogens (tertiary/aromatic N) is 1. The third-order valence-electron chi connectivity index (χ3n) is 4.71. The molecular formula is C20H20N2O3S. The van der Waals surface area contributed by atoms with Gasteiger partial charge in [0.15, 0.2) is 9.84 Å². The van der Waals surface area contributed by atoms with E-state index in [0.717, 1.165) is 24.0 Å². The zero-order chi connectivity index (χ0) is 18.8. The Morgan fingerprint density at radius 2 is 1.73 bits per heavy atom. The van der Waals surface area contributed by atoms with Gasteiger partial charge in [-0.3, -0.25) is 4.79 Å². The molecule has 0 unspecified atom stereocenters. The molecule has 1 aliphatic rings. The number of carbonyl (C=O) groups excluding carboxylic acids is 1. The van der Waals surface area contributed by atoms with Gasteiger partial charge in [0.25, 0.3) is 0 Å². The third-order valence-corrected chi connectivity index (χ3v) is 6.46. The van der Waals surface area contributed by atoms with Gasteiger partial charge in [-0.1, -0.05) is 31.2 Å². The number of anilines is 1. The van der Waals surface area contributed by atoms with Crippen molar-refractivity contribution in [2.75, 3.05) is 11.1 Å². The first-order valence-electron chi connectivity index (χ1n) is 8.52. The predicted octanol–water partition coefficient (Wildman–Crippen LogP) is 3.22. The molecule has 134 valence electrons. The number of benzene rings is 2. The Balaban J connectivity index is 1.61. The molecule has 3 rings (SSSR count). The number of hydrogen-bond acceptors (Lipinski definition) is 4. The molecule has 1 aliphatic carbocycles. The molecule has 2 aromatic carbocycles. The van der Waals surface area contributed by atoms with Crippen molar-refractivity contribution in [2.24, 2.45) is 0 Å². The second-order valence-electron chi connectivity index (χ2n) is 6.54. The number of nitrogens with one attached hydrogen (secondary N) is 1. The number of hydrogen-bond donors (Lipinski definition) is 1. The van der Waals surface area contributed by atoms with Crippen molar-refractivity contribution >= 4 is 21.4 Å². The average Bonchev–Trinajstić information content (AvgIpc) is 3.44. The van der Waals surface area contributed by atoms with Gasteiger partial charge in [0.1, 0.15) is 0 Å². The van der Waals surface area contributed by atoms with E-state index in [-0.39, 0.29) is 28.4 Å². The summed E-state index contributed by atoms with van der Waals surface area (Å²) in [6.45, 7) is 1.60. The molecule has 0 aliphatic heterocycles. The van der Waals surface area contributed by atoms with Crippen LogP contribution in [0.3, 0.4) is 0 Å². The van der Waals surface area contributed by atoms with Crippen LogP contribution >= 0.6 is 0 Å². The van der Waals surface area contributed by atoms with Gasteiger partial charge in [-0.05, 0) is 48.2 Å². The maximum absolute atomic E-state index is 12.2. The van der Waals surface area contributed by atoms with Gasteiger partial charge in [0, 0.05) is 5.69 Å². The number of sulfone groups is 1. The Bertz CT molecular complexity index is 952. The number of nitriles is 1. The van der Waals surface area contributed by atoms with Gasteiger partial charge in [0.2, 0.25) is 5.91 Å². The minimum atomic E-state index is -3.23. The molecule has 1 N–H and O–H groups in total. The summed E-state index contributed by atoms with van der Waals surface area (Å²) in [6.07, 6.45) is 1.94. The Morgan fingerprint density at radius 3 is 2.23 bits per heavy atom. The molecule has 2 aromatic rings. The smallest absolute Gasteiger partial charge is 0.228 e. The summed E-state index contributed by atoms with van der Waals surface area (Å²) in [5.41, 5.74) is 2.09. The monoisotopic (exact) mass is 368 g/mol. The number of carbonyl (C=O) groups is 1. The summed E-state index contributed by atoms with van der Waals surface area (Å²) in [5, 5.41) is 12.0. The molecule has 1 amide bonds. The lowest BCUT2D eigenvalue weighted by Gasteiger charge is -2.09. The molecule has 0 heterocycles. The van der Waals surface area contributed by atoms with Crippen molar-refractivity contribution in [3.05, 3.63) is 59.7 Å². The first-order chi connectivity index (χ1) is 12.4. The van der Waals surface area contributed by atoms with Crippen molar-refractivity contribution in [1.29, 1.82) is 5.26 Å². The molecule has 0 radical (unpaired) electrons. The van der Waals surface area contributed by atoms with Crippen LogP contribution in [0, 0.1) is 11.3 Å². The zero-order valence-electron chi connectivity index (χ0n) is 14.5. The van der Waals surface area contributed by atoms with Crippen LogP contribution in [0.5, 0.6) is 0 Å². The first-order valence-corrected chi connectivity index (χ1v) is 10.2. The molecule has 0 atom stereocenters. The summed E-state index contributed by atoms with van der Waals surface area (Å²) in [7, 11) is -3.23. The lowest BCUT2D eigenvalue weighted by Crippen LogP contribution is -2.14. The maximum atomic E-state index is 12.2. The second-order valence-corrected chi connectivity index (χ2v) is 8.82. The van der Waals surface area contributed by atoms with Crippen LogP contribution in [-0.4, -0.2) is 20.1 Å². The minimum absolute atomic E-state index is 0.0515. The Hall–Kier alpha value is -2.65. The molecule has 5 nitrogen and oxygen atoms in total. The summed E-state index contributed by atoms with van der Waals surface area (Å²) in [6, 6.07) is 16.1. The molecule has 6 heteroatoms. The SMILES string of the molecule is CCS(=O)(=O)c1ccc(CC(=O)Nc2ccc(C3(C#N)CC3)cc2)cc1. The summed E-state index contributed by atoms with van der Waals surface area (Å²) >= 11 is 0. The molecule has 0 spiro atoms. The fraction of sp³-hybridized carbons (Fsp3) is 0.300. The molecular weight excluding hydrogens is 348 g/mol. The number of amides is 1. The average molecular weight is 368 g/mol. The van der Waals surface area contributed by atoms with Gasteiger partial charge in [-0.2, -0.15) is 5.26 Å². The lowest BCUT2D eigenvalue weighted by molar-refractivity contribution is -0.115. The fourth-order valence-corrected chi connectivity index (χ4v) is 3.72. The molecule has 0 aromatic heterocycles. The molecule has 1 saturated carbocycles. The highest BCUT2D eigenvalue weighted by molar-refractivity contribution is 7.91.